The van der Waals surface area contributed by atoms with E-state index in [0.29, 0.717) is 29.4 Å². The van der Waals surface area contributed by atoms with E-state index in [2.05, 4.69) is 43.5 Å². The van der Waals surface area contributed by atoms with Gasteiger partial charge in [-0.15, -0.1) is 11.3 Å². The smallest absolute Gasteiger partial charge is 0.339 e. The molecule has 0 radical (unpaired) electrons. The summed E-state index contributed by atoms with van der Waals surface area (Å²) in [6.45, 7) is 10.2. The van der Waals surface area contributed by atoms with Crippen molar-refractivity contribution in [3.05, 3.63) is 63.5 Å². The van der Waals surface area contributed by atoms with E-state index in [-0.39, 0.29) is 11.3 Å². The molecule has 0 spiro atoms. The average Bonchev–Trinajstić information content (AvgIpc) is 3.35. The van der Waals surface area contributed by atoms with Crippen LogP contribution in [0.15, 0.2) is 41.8 Å². The Balaban J connectivity index is 1.80. The van der Waals surface area contributed by atoms with Crippen LogP contribution in [-0.4, -0.2) is 35.5 Å². The first kappa shape index (κ1) is 26.5. The van der Waals surface area contributed by atoms with Crippen molar-refractivity contribution in [1.82, 2.24) is 15.6 Å². The predicted molar refractivity (Wildman–Crippen MR) is 147 cm³/mol. The first-order chi connectivity index (χ1) is 17.6. The Morgan fingerprint density at radius 2 is 1.92 bits per heavy atom. The van der Waals surface area contributed by atoms with Crippen LogP contribution in [0.25, 0.3) is 22.6 Å². The van der Waals surface area contributed by atoms with Gasteiger partial charge >= 0.3 is 12.0 Å². The number of allylic oxidation sites excluding steroid dienone is 1. The van der Waals surface area contributed by atoms with Gasteiger partial charge in [0.05, 0.1) is 16.8 Å². The van der Waals surface area contributed by atoms with Gasteiger partial charge in [0.1, 0.15) is 0 Å². The van der Waals surface area contributed by atoms with E-state index in [1.807, 2.05) is 35.7 Å². The molecule has 194 valence electrons. The number of benzene rings is 1. The number of pyridine rings is 1. The maximum absolute atomic E-state index is 13.7. The first-order valence-corrected chi connectivity index (χ1v) is 13.4. The highest BCUT2D eigenvalue weighted by Gasteiger charge is 2.36. The molecule has 0 bridgehead atoms. The van der Waals surface area contributed by atoms with Crippen molar-refractivity contribution in [2.45, 2.75) is 53.6 Å². The molecule has 37 heavy (non-hydrogen) atoms. The molecule has 0 aliphatic heterocycles. The molecule has 0 saturated heterocycles. The molecule has 1 aliphatic carbocycles. The molecule has 2 N–H and O–H groups in total. The summed E-state index contributed by atoms with van der Waals surface area (Å²) in [4.78, 5) is 44.1. The van der Waals surface area contributed by atoms with E-state index in [1.54, 1.807) is 18.3 Å². The van der Waals surface area contributed by atoms with Crippen LogP contribution in [-0.2, 0) is 16.0 Å². The molecule has 1 aromatic carbocycles. The van der Waals surface area contributed by atoms with E-state index in [1.165, 1.54) is 6.92 Å². The Morgan fingerprint density at radius 1 is 1.16 bits per heavy atom. The van der Waals surface area contributed by atoms with Gasteiger partial charge in [-0.2, -0.15) is 0 Å². The number of carbonyl (C=O) groups excluding carboxylic acids is 3. The number of urea groups is 1. The number of nitrogens with zero attached hydrogens (tertiary/aromatic N) is 1. The molecule has 0 fully saturated rings. The van der Waals surface area contributed by atoms with E-state index in [4.69, 9.17) is 9.72 Å². The molecule has 2 aromatic heterocycles. The second-order valence-electron chi connectivity index (χ2n) is 10.4. The predicted octanol–water partition coefficient (Wildman–Crippen LogP) is 5.84. The number of fused-ring (bicyclic) bond motifs is 2. The van der Waals surface area contributed by atoms with Crippen molar-refractivity contribution in [3.63, 3.8) is 0 Å². The number of nitrogens with one attached hydrogen (secondary N) is 2. The number of hydrogen-bond acceptors (Lipinski definition) is 6. The Kier molecular flexibility index (Phi) is 7.78. The molecular weight excluding hydrogens is 486 g/mol. The minimum absolute atomic E-state index is 0.00112. The van der Waals surface area contributed by atoms with Crippen LogP contribution < -0.4 is 10.6 Å². The maximum Gasteiger partial charge on any atom is 0.339 e. The third-order valence-electron chi connectivity index (χ3n) is 6.73. The van der Waals surface area contributed by atoms with Gasteiger partial charge in [-0.1, -0.05) is 45.0 Å². The summed E-state index contributed by atoms with van der Waals surface area (Å²) in [5, 5.41) is 7.44. The number of amides is 3. The Hall–Kier alpha value is -3.52. The molecular formula is C29H33N3O4S. The second-order valence-corrected chi connectivity index (χ2v) is 11.4. The van der Waals surface area contributed by atoms with Gasteiger partial charge in [0, 0.05) is 16.8 Å². The SMILES string of the molecule is CCNC(=O)NC(=O)[C@H](C)OC(=O)c1c2c(nc3ccccc13)/C(=C\c1cccs1)C[C@H](C(C)(C)C)C2. The lowest BCUT2D eigenvalue weighted by Crippen LogP contribution is -2.44. The Morgan fingerprint density at radius 3 is 2.59 bits per heavy atom. The molecule has 0 saturated carbocycles. The van der Waals surface area contributed by atoms with Gasteiger partial charge in [-0.25, -0.2) is 14.6 Å². The monoisotopic (exact) mass is 519 g/mol. The number of imide groups is 1. The van der Waals surface area contributed by atoms with Gasteiger partial charge in [0.2, 0.25) is 0 Å². The highest BCUT2D eigenvalue weighted by atomic mass is 32.1. The number of aromatic nitrogens is 1. The van der Waals surface area contributed by atoms with Crippen LogP contribution in [0, 0.1) is 11.3 Å². The number of carbonyl (C=O) groups is 3. The number of ether oxygens (including phenoxy) is 1. The highest BCUT2D eigenvalue weighted by molar-refractivity contribution is 7.10. The third-order valence-corrected chi connectivity index (χ3v) is 7.55. The number of para-hydroxylation sites is 1. The summed E-state index contributed by atoms with van der Waals surface area (Å²) in [5.41, 5.74) is 3.86. The zero-order chi connectivity index (χ0) is 26.7. The highest BCUT2D eigenvalue weighted by Crippen LogP contribution is 2.45. The van der Waals surface area contributed by atoms with Crippen molar-refractivity contribution >= 4 is 51.8 Å². The Bertz CT molecular complexity index is 1360. The fourth-order valence-electron chi connectivity index (χ4n) is 4.61. The van der Waals surface area contributed by atoms with Gasteiger partial charge < -0.3 is 10.1 Å². The summed E-state index contributed by atoms with van der Waals surface area (Å²) in [6, 6.07) is 11.0. The van der Waals surface area contributed by atoms with Gasteiger partial charge in [-0.05, 0) is 72.7 Å². The van der Waals surface area contributed by atoms with Gasteiger partial charge in [0.15, 0.2) is 6.10 Å². The lowest BCUT2D eigenvalue weighted by molar-refractivity contribution is -0.127. The first-order valence-electron chi connectivity index (χ1n) is 12.5. The van der Waals surface area contributed by atoms with Gasteiger partial charge in [-0.3, -0.25) is 10.1 Å². The van der Waals surface area contributed by atoms with Crippen LogP contribution in [0.2, 0.25) is 0 Å². The molecule has 8 heteroatoms. The molecule has 2 atom stereocenters. The van der Waals surface area contributed by atoms with Crippen molar-refractivity contribution in [3.8, 4) is 0 Å². The summed E-state index contributed by atoms with van der Waals surface area (Å²) in [6.07, 6.45) is 2.53. The quantitative estimate of drug-likeness (QED) is 0.413. The Labute approximate surface area is 221 Å². The summed E-state index contributed by atoms with van der Waals surface area (Å²) < 4.78 is 5.64. The van der Waals surface area contributed by atoms with Crippen molar-refractivity contribution in [2.75, 3.05) is 6.54 Å². The molecule has 1 aliphatic rings. The summed E-state index contributed by atoms with van der Waals surface area (Å²) in [7, 11) is 0. The fourth-order valence-corrected chi connectivity index (χ4v) is 5.29. The number of rotatable bonds is 5. The van der Waals surface area contributed by atoms with Crippen molar-refractivity contribution < 1.29 is 19.1 Å². The number of thiophene rings is 1. The molecule has 3 amide bonds. The van der Waals surface area contributed by atoms with Gasteiger partial charge in [0.25, 0.3) is 5.91 Å². The minimum Gasteiger partial charge on any atom is -0.449 e. The van der Waals surface area contributed by atoms with Crippen molar-refractivity contribution in [1.29, 1.82) is 0 Å². The standard InChI is InChI=1S/C29H33N3O4S/c1-6-30-28(35)32-26(33)17(2)36-27(34)24-21-11-7-8-12-23(21)31-25-18(15-20-10-9-13-37-20)14-19(16-22(24)25)29(3,4)5/h7-13,15,17,19H,6,14,16H2,1-5H3,(H2,30,32,33,35)/b18-15-/t17-,19-/m0/s1. The minimum atomic E-state index is -1.15. The lowest BCUT2D eigenvalue weighted by atomic mass is 9.69. The molecule has 2 heterocycles. The summed E-state index contributed by atoms with van der Waals surface area (Å²) in [5.74, 6) is -1.00. The van der Waals surface area contributed by atoms with E-state index in [0.717, 1.165) is 28.1 Å². The van der Waals surface area contributed by atoms with Crippen molar-refractivity contribution in [2.24, 2.45) is 11.3 Å². The zero-order valence-corrected chi connectivity index (χ0v) is 22.7. The molecule has 7 nitrogen and oxygen atoms in total. The fraction of sp³-hybridized carbons (Fsp3) is 0.379. The molecule has 0 unspecified atom stereocenters. The average molecular weight is 520 g/mol. The topological polar surface area (TPSA) is 97.4 Å². The zero-order valence-electron chi connectivity index (χ0n) is 21.9. The number of hydrogen-bond donors (Lipinski definition) is 2. The largest absolute Gasteiger partial charge is 0.449 e. The van der Waals surface area contributed by atoms with E-state index >= 15 is 0 Å². The normalized spacial score (nSPS) is 17.2. The summed E-state index contributed by atoms with van der Waals surface area (Å²) >= 11 is 1.66. The lowest BCUT2D eigenvalue weighted by Gasteiger charge is -2.36. The number of esters is 1. The van der Waals surface area contributed by atoms with Crippen LogP contribution >= 0.6 is 11.3 Å². The van der Waals surface area contributed by atoms with Crippen LogP contribution in [0.3, 0.4) is 0 Å². The third kappa shape index (κ3) is 5.91. The van der Waals surface area contributed by atoms with Crippen LogP contribution in [0.4, 0.5) is 4.79 Å². The molecule has 4 rings (SSSR count). The second kappa shape index (κ2) is 10.8. The van der Waals surface area contributed by atoms with E-state index < -0.39 is 24.0 Å². The van der Waals surface area contributed by atoms with Crippen LogP contribution in [0.5, 0.6) is 0 Å². The maximum atomic E-state index is 13.7. The van der Waals surface area contributed by atoms with Crippen LogP contribution in [0.1, 0.15) is 67.5 Å². The molecule has 3 aromatic rings. The van der Waals surface area contributed by atoms with E-state index in [9.17, 15) is 14.4 Å².